The number of rotatable bonds is 4. The topological polar surface area (TPSA) is 71.8 Å². The van der Waals surface area contributed by atoms with Crippen LogP contribution in [0.15, 0.2) is 66.0 Å². The Labute approximate surface area is 191 Å². The lowest BCUT2D eigenvalue weighted by Gasteiger charge is -2.27. The molecule has 5 rings (SSSR count). The molecule has 0 radical (unpaired) electrons. The first kappa shape index (κ1) is 20.5. The molecule has 1 saturated heterocycles. The highest BCUT2D eigenvalue weighted by Crippen LogP contribution is 2.35. The van der Waals surface area contributed by atoms with Crippen molar-refractivity contribution in [3.05, 3.63) is 72.2 Å². The SMILES string of the molecule is Cc1ccc(-c2nc3cnccn3c2Nc2cccc(C(=O)N3CCOCC3)c2)c(S)c1. The minimum atomic E-state index is 0.00990. The zero-order chi connectivity index (χ0) is 22.1. The summed E-state index contributed by atoms with van der Waals surface area (Å²) in [5.74, 6) is 0.799. The van der Waals surface area contributed by atoms with Gasteiger partial charge in [0.15, 0.2) is 5.65 Å². The molecule has 0 unspecified atom stereocenters. The number of thiol groups is 1. The maximum absolute atomic E-state index is 12.9. The second-order valence-electron chi connectivity index (χ2n) is 7.74. The molecule has 0 saturated carbocycles. The Hall–Kier alpha value is -3.36. The Kier molecular flexibility index (Phi) is 5.55. The van der Waals surface area contributed by atoms with Gasteiger partial charge in [-0.1, -0.05) is 18.2 Å². The molecule has 7 nitrogen and oxygen atoms in total. The van der Waals surface area contributed by atoms with Gasteiger partial charge in [0.2, 0.25) is 0 Å². The maximum Gasteiger partial charge on any atom is 0.254 e. The highest BCUT2D eigenvalue weighted by Gasteiger charge is 2.20. The number of nitrogens with zero attached hydrogens (tertiary/aromatic N) is 4. The van der Waals surface area contributed by atoms with Crippen molar-refractivity contribution in [2.75, 3.05) is 31.6 Å². The number of nitrogens with one attached hydrogen (secondary N) is 1. The summed E-state index contributed by atoms with van der Waals surface area (Å²) < 4.78 is 7.32. The number of hydrogen-bond acceptors (Lipinski definition) is 6. The zero-order valence-electron chi connectivity index (χ0n) is 17.7. The first-order chi connectivity index (χ1) is 15.6. The maximum atomic E-state index is 12.9. The lowest BCUT2D eigenvalue weighted by atomic mass is 10.1. The van der Waals surface area contributed by atoms with Crippen LogP contribution in [-0.4, -0.2) is 51.5 Å². The largest absolute Gasteiger partial charge is 0.378 e. The summed E-state index contributed by atoms with van der Waals surface area (Å²) in [7, 11) is 0. The number of aryl methyl sites for hydroxylation is 1. The number of morpholine rings is 1. The molecule has 162 valence electrons. The van der Waals surface area contributed by atoms with Gasteiger partial charge in [0.25, 0.3) is 5.91 Å². The van der Waals surface area contributed by atoms with Crippen LogP contribution in [0.1, 0.15) is 15.9 Å². The van der Waals surface area contributed by atoms with Crippen LogP contribution in [0, 0.1) is 6.92 Å². The van der Waals surface area contributed by atoms with Crippen LogP contribution in [0.3, 0.4) is 0 Å². The van der Waals surface area contributed by atoms with Gasteiger partial charge in [-0.3, -0.25) is 14.2 Å². The predicted molar refractivity (Wildman–Crippen MR) is 127 cm³/mol. The van der Waals surface area contributed by atoms with Crippen molar-refractivity contribution in [2.45, 2.75) is 11.8 Å². The fraction of sp³-hybridized carbons (Fsp3) is 0.208. The second-order valence-corrected chi connectivity index (χ2v) is 8.23. The van der Waals surface area contributed by atoms with Crippen molar-refractivity contribution < 1.29 is 9.53 Å². The highest BCUT2D eigenvalue weighted by molar-refractivity contribution is 7.80. The third-order valence-corrected chi connectivity index (χ3v) is 5.88. The minimum absolute atomic E-state index is 0.00990. The van der Waals surface area contributed by atoms with Gasteiger partial charge in [0, 0.05) is 47.2 Å². The normalized spacial score (nSPS) is 14.0. The molecule has 1 aliphatic rings. The van der Waals surface area contributed by atoms with Gasteiger partial charge in [-0.05, 0) is 36.8 Å². The number of aromatic nitrogens is 3. The van der Waals surface area contributed by atoms with E-state index in [4.69, 9.17) is 9.72 Å². The molecule has 0 bridgehead atoms. The number of amides is 1. The van der Waals surface area contributed by atoms with Gasteiger partial charge >= 0.3 is 0 Å². The van der Waals surface area contributed by atoms with E-state index in [-0.39, 0.29) is 5.91 Å². The zero-order valence-corrected chi connectivity index (χ0v) is 18.5. The number of ether oxygens (including phenoxy) is 1. The molecule has 0 spiro atoms. The summed E-state index contributed by atoms with van der Waals surface area (Å²) in [6.45, 7) is 4.41. The molecule has 1 fully saturated rings. The van der Waals surface area contributed by atoms with Crippen molar-refractivity contribution in [3.8, 4) is 11.3 Å². The highest BCUT2D eigenvalue weighted by atomic mass is 32.1. The average Bonchev–Trinajstić information content (AvgIpc) is 3.17. The quantitative estimate of drug-likeness (QED) is 0.461. The third-order valence-electron chi connectivity index (χ3n) is 5.51. The van der Waals surface area contributed by atoms with Gasteiger partial charge in [0.1, 0.15) is 11.5 Å². The molecule has 0 aliphatic carbocycles. The first-order valence-electron chi connectivity index (χ1n) is 10.5. The monoisotopic (exact) mass is 445 g/mol. The van der Waals surface area contributed by atoms with Crippen LogP contribution < -0.4 is 5.32 Å². The first-order valence-corrected chi connectivity index (χ1v) is 10.9. The molecule has 3 heterocycles. The van der Waals surface area contributed by atoms with Crippen LogP contribution in [0.4, 0.5) is 11.5 Å². The summed E-state index contributed by atoms with van der Waals surface area (Å²) in [6.07, 6.45) is 5.31. The lowest BCUT2D eigenvalue weighted by Crippen LogP contribution is -2.40. The molecule has 0 atom stereocenters. The number of benzene rings is 2. The number of imidazole rings is 1. The summed E-state index contributed by atoms with van der Waals surface area (Å²) in [5.41, 5.74) is 4.99. The molecular weight excluding hydrogens is 422 g/mol. The molecular formula is C24H23N5O2S. The van der Waals surface area contributed by atoms with E-state index in [1.165, 1.54) is 0 Å². The number of fused-ring (bicyclic) bond motifs is 1. The van der Waals surface area contributed by atoms with Crippen molar-refractivity contribution in [1.82, 2.24) is 19.3 Å². The van der Waals surface area contributed by atoms with E-state index in [9.17, 15) is 4.79 Å². The smallest absolute Gasteiger partial charge is 0.254 e. The lowest BCUT2D eigenvalue weighted by molar-refractivity contribution is 0.0303. The molecule has 2 aromatic carbocycles. The van der Waals surface area contributed by atoms with E-state index in [1.807, 2.05) is 64.9 Å². The number of hydrogen-bond donors (Lipinski definition) is 2. The molecule has 1 N–H and O–H groups in total. The summed E-state index contributed by atoms with van der Waals surface area (Å²) in [4.78, 5) is 24.6. The van der Waals surface area contributed by atoms with Crippen molar-refractivity contribution >= 4 is 35.7 Å². The fourth-order valence-corrected chi connectivity index (χ4v) is 4.26. The van der Waals surface area contributed by atoms with Gasteiger partial charge < -0.3 is 15.0 Å². The van der Waals surface area contributed by atoms with E-state index in [2.05, 4.69) is 22.9 Å². The third kappa shape index (κ3) is 3.94. The van der Waals surface area contributed by atoms with Crippen molar-refractivity contribution in [2.24, 2.45) is 0 Å². The Morgan fingerprint density at radius 3 is 2.81 bits per heavy atom. The van der Waals surface area contributed by atoms with Gasteiger partial charge in [-0.2, -0.15) is 0 Å². The van der Waals surface area contributed by atoms with E-state index in [0.29, 0.717) is 31.9 Å². The Morgan fingerprint density at radius 2 is 2.00 bits per heavy atom. The van der Waals surface area contributed by atoms with Crippen LogP contribution in [0.25, 0.3) is 16.9 Å². The Balaban J connectivity index is 1.54. The predicted octanol–water partition coefficient (Wildman–Crippen LogP) is 4.21. The van der Waals surface area contributed by atoms with Gasteiger partial charge in [0.05, 0.1) is 19.4 Å². The van der Waals surface area contributed by atoms with Crippen molar-refractivity contribution in [1.29, 1.82) is 0 Å². The van der Waals surface area contributed by atoms with Crippen LogP contribution in [-0.2, 0) is 4.74 Å². The van der Waals surface area contributed by atoms with Crippen LogP contribution >= 0.6 is 12.6 Å². The van der Waals surface area contributed by atoms with E-state index < -0.39 is 0 Å². The molecule has 2 aromatic heterocycles. The molecule has 1 aliphatic heterocycles. The summed E-state index contributed by atoms with van der Waals surface area (Å²) >= 11 is 4.68. The van der Waals surface area contributed by atoms with E-state index in [1.54, 1.807) is 12.4 Å². The molecule has 32 heavy (non-hydrogen) atoms. The number of anilines is 2. The molecule has 4 aromatic rings. The number of carbonyl (C=O) groups is 1. The minimum Gasteiger partial charge on any atom is -0.378 e. The standard InChI is InChI=1S/C24H23N5O2S/c1-16-5-6-19(20(32)13-16)22-23(29-8-7-25-15-21(29)27-22)26-18-4-2-3-17(14-18)24(30)28-9-11-31-12-10-28/h2-8,13-15,26,32H,9-12H2,1H3. The average molecular weight is 446 g/mol. The van der Waals surface area contributed by atoms with Gasteiger partial charge in [-0.15, -0.1) is 12.6 Å². The molecule has 1 amide bonds. The fourth-order valence-electron chi connectivity index (χ4n) is 3.87. The Bertz CT molecular complexity index is 1300. The Morgan fingerprint density at radius 1 is 1.16 bits per heavy atom. The van der Waals surface area contributed by atoms with Crippen LogP contribution in [0.2, 0.25) is 0 Å². The van der Waals surface area contributed by atoms with Gasteiger partial charge in [-0.25, -0.2) is 4.98 Å². The van der Waals surface area contributed by atoms with Crippen LogP contribution in [0.5, 0.6) is 0 Å². The van der Waals surface area contributed by atoms with E-state index >= 15 is 0 Å². The summed E-state index contributed by atoms with van der Waals surface area (Å²) in [5, 5.41) is 3.48. The second kappa shape index (κ2) is 8.64. The van der Waals surface area contributed by atoms with Crippen molar-refractivity contribution in [3.63, 3.8) is 0 Å². The summed E-state index contributed by atoms with van der Waals surface area (Å²) in [6, 6.07) is 13.6. The van der Waals surface area contributed by atoms with E-state index in [0.717, 1.165) is 38.9 Å². The number of carbonyl (C=O) groups excluding carboxylic acids is 1. The molecule has 8 heteroatoms.